The van der Waals surface area contributed by atoms with Crippen molar-refractivity contribution in [1.29, 1.82) is 0 Å². The highest BCUT2D eigenvalue weighted by molar-refractivity contribution is 9.10. The van der Waals surface area contributed by atoms with Gasteiger partial charge in [-0.15, -0.1) is 0 Å². The predicted octanol–water partition coefficient (Wildman–Crippen LogP) is 5.53. The van der Waals surface area contributed by atoms with E-state index in [4.69, 9.17) is 4.42 Å². The molecule has 0 spiro atoms. The number of hydrogen-bond donors (Lipinski definition) is 1. The lowest BCUT2D eigenvalue weighted by molar-refractivity contribution is 0.425. The summed E-state index contributed by atoms with van der Waals surface area (Å²) >= 11 is 3.50. The van der Waals surface area contributed by atoms with E-state index in [0.717, 1.165) is 33.7 Å². The van der Waals surface area contributed by atoms with Gasteiger partial charge >= 0.3 is 0 Å². The van der Waals surface area contributed by atoms with E-state index in [-0.39, 0.29) is 6.04 Å². The molecule has 1 atom stereocenters. The second-order valence-electron chi connectivity index (χ2n) is 7.46. The van der Waals surface area contributed by atoms with E-state index in [2.05, 4.69) is 68.0 Å². The predicted molar refractivity (Wildman–Crippen MR) is 91.4 cm³/mol. The molecule has 3 rings (SSSR count). The summed E-state index contributed by atoms with van der Waals surface area (Å²) in [6.45, 7) is 12.7. The number of benzene rings is 1. The molecule has 1 aliphatic rings. The van der Waals surface area contributed by atoms with Crippen molar-refractivity contribution < 1.29 is 4.42 Å². The van der Waals surface area contributed by atoms with Crippen molar-refractivity contribution in [3.05, 3.63) is 34.5 Å². The van der Waals surface area contributed by atoms with Crippen LogP contribution in [0.2, 0.25) is 0 Å². The van der Waals surface area contributed by atoms with Crippen LogP contribution in [0.1, 0.15) is 46.4 Å². The summed E-state index contributed by atoms with van der Waals surface area (Å²) in [6.07, 6.45) is 0. The van der Waals surface area contributed by atoms with E-state index >= 15 is 0 Å². The van der Waals surface area contributed by atoms with E-state index in [1.165, 1.54) is 0 Å². The monoisotopic (exact) mass is 349 g/mol. The van der Waals surface area contributed by atoms with E-state index < -0.39 is 0 Å². The molecule has 0 aliphatic heterocycles. The maximum atomic E-state index is 5.96. The van der Waals surface area contributed by atoms with Crippen molar-refractivity contribution in [3.8, 4) is 0 Å². The summed E-state index contributed by atoms with van der Waals surface area (Å²) in [5.41, 5.74) is 1.81. The highest BCUT2D eigenvalue weighted by Gasteiger charge is 2.63. The fourth-order valence-corrected chi connectivity index (χ4v) is 3.87. The van der Waals surface area contributed by atoms with Crippen LogP contribution in [0.5, 0.6) is 0 Å². The summed E-state index contributed by atoms with van der Waals surface area (Å²) in [7, 11) is 0. The average Bonchev–Trinajstić information content (AvgIpc) is 2.74. The molecule has 0 bridgehead atoms. The lowest BCUT2D eigenvalue weighted by atomic mass is 10.0. The maximum Gasteiger partial charge on any atom is 0.134 e. The molecule has 1 aromatic heterocycles. The van der Waals surface area contributed by atoms with Crippen LogP contribution in [-0.2, 0) is 0 Å². The second kappa shape index (κ2) is 4.85. The summed E-state index contributed by atoms with van der Waals surface area (Å²) in [4.78, 5) is 0. The van der Waals surface area contributed by atoms with Crippen LogP contribution in [0, 0.1) is 16.7 Å². The van der Waals surface area contributed by atoms with Crippen LogP contribution in [0.25, 0.3) is 11.0 Å². The van der Waals surface area contributed by atoms with Crippen molar-refractivity contribution in [1.82, 2.24) is 5.32 Å². The van der Waals surface area contributed by atoms with Crippen LogP contribution < -0.4 is 5.32 Å². The fraction of sp³-hybridized carbons (Fsp3) is 0.556. The second-order valence-corrected chi connectivity index (χ2v) is 8.37. The van der Waals surface area contributed by atoms with Gasteiger partial charge in [0.2, 0.25) is 0 Å². The lowest BCUT2D eigenvalue weighted by Crippen LogP contribution is -2.22. The maximum absolute atomic E-state index is 5.96. The van der Waals surface area contributed by atoms with Crippen LogP contribution in [0.3, 0.4) is 0 Å². The van der Waals surface area contributed by atoms with Crippen LogP contribution in [0.15, 0.2) is 33.2 Å². The molecule has 2 aromatic rings. The normalized spacial score (nSPS) is 21.6. The molecule has 114 valence electrons. The molecule has 1 fully saturated rings. The molecule has 0 saturated heterocycles. The van der Waals surface area contributed by atoms with E-state index in [9.17, 15) is 0 Å². The Bertz CT molecular complexity index is 657. The Balaban J connectivity index is 1.69. The highest BCUT2D eigenvalue weighted by atomic mass is 79.9. The van der Waals surface area contributed by atoms with Gasteiger partial charge in [0, 0.05) is 9.86 Å². The zero-order valence-electron chi connectivity index (χ0n) is 13.5. The number of rotatable bonds is 4. The van der Waals surface area contributed by atoms with E-state index in [1.807, 2.05) is 12.1 Å². The van der Waals surface area contributed by atoms with Gasteiger partial charge in [-0.3, -0.25) is 0 Å². The van der Waals surface area contributed by atoms with Crippen molar-refractivity contribution in [2.75, 3.05) is 6.54 Å². The number of hydrogen-bond acceptors (Lipinski definition) is 2. The van der Waals surface area contributed by atoms with Crippen molar-refractivity contribution in [2.45, 2.75) is 40.7 Å². The largest absolute Gasteiger partial charge is 0.459 e. The zero-order chi connectivity index (χ0) is 15.4. The molecule has 1 heterocycles. The first kappa shape index (κ1) is 15.1. The van der Waals surface area contributed by atoms with Crippen LogP contribution in [-0.4, -0.2) is 6.54 Å². The molecular formula is C18H24BrNO. The molecule has 0 amide bonds. The molecule has 1 N–H and O–H groups in total. The molecule has 1 saturated carbocycles. The quantitative estimate of drug-likeness (QED) is 0.784. The van der Waals surface area contributed by atoms with Crippen molar-refractivity contribution >= 4 is 26.9 Å². The Morgan fingerprint density at radius 3 is 2.48 bits per heavy atom. The number of furan rings is 1. The Labute approximate surface area is 135 Å². The molecule has 1 aliphatic carbocycles. The minimum absolute atomic E-state index is 0.239. The Kier molecular flexibility index (Phi) is 3.49. The van der Waals surface area contributed by atoms with Crippen molar-refractivity contribution in [3.63, 3.8) is 0 Å². The Morgan fingerprint density at radius 2 is 1.86 bits per heavy atom. The first-order valence-corrected chi connectivity index (χ1v) is 8.45. The third-order valence-electron chi connectivity index (χ3n) is 5.87. The number of fused-ring (bicyclic) bond motifs is 1. The van der Waals surface area contributed by atoms with Gasteiger partial charge in [0.15, 0.2) is 0 Å². The smallest absolute Gasteiger partial charge is 0.134 e. The molecule has 1 unspecified atom stereocenters. The van der Waals surface area contributed by atoms with Gasteiger partial charge in [-0.05, 0) is 54.5 Å². The van der Waals surface area contributed by atoms with Crippen LogP contribution in [0.4, 0.5) is 0 Å². The minimum atomic E-state index is 0.239. The van der Waals surface area contributed by atoms with Gasteiger partial charge in [0.1, 0.15) is 11.3 Å². The van der Waals surface area contributed by atoms with Crippen LogP contribution >= 0.6 is 15.9 Å². The SMILES string of the molecule is CC(NCC1C(C)(C)C1(C)C)c1cc2cc(Br)ccc2o1. The summed E-state index contributed by atoms with van der Waals surface area (Å²) in [6, 6.07) is 8.51. The molecule has 21 heavy (non-hydrogen) atoms. The van der Waals surface area contributed by atoms with Gasteiger partial charge in [-0.2, -0.15) is 0 Å². The third-order valence-corrected chi connectivity index (χ3v) is 6.37. The lowest BCUT2D eigenvalue weighted by Gasteiger charge is -2.12. The Hall–Kier alpha value is -0.800. The highest BCUT2D eigenvalue weighted by Crippen LogP contribution is 2.68. The van der Waals surface area contributed by atoms with Gasteiger partial charge in [0.25, 0.3) is 0 Å². The van der Waals surface area contributed by atoms with E-state index in [1.54, 1.807) is 0 Å². The van der Waals surface area contributed by atoms with Gasteiger partial charge in [-0.25, -0.2) is 0 Å². The van der Waals surface area contributed by atoms with Gasteiger partial charge < -0.3 is 9.73 Å². The number of nitrogens with one attached hydrogen (secondary N) is 1. The fourth-order valence-electron chi connectivity index (χ4n) is 3.49. The number of halogens is 1. The average molecular weight is 350 g/mol. The molecule has 0 radical (unpaired) electrons. The van der Waals surface area contributed by atoms with Crippen molar-refractivity contribution in [2.24, 2.45) is 16.7 Å². The third kappa shape index (κ3) is 2.44. The summed E-state index contributed by atoms with van der Waals surface area (Å²) in [5, 5.41) is 4.80. The topological polar surface area (TPSA) is 25.2 Å². The van der Waals surface area contributed by atoms with Gasteiger partial charge in [0.05, 0.1) is 6.04 Å². The molecule has 3 heteroatoms. The minimum Gasteiger partial charge on any atom is -0.459 e. The summed E-state index contributed by atoms with van der Waals surface area (Å²) < 4.78 is 7.05. The first-order chi connectivity index (χ1) is 9.73. The van der Waals surface area contributed by atoms with Gasteiger partial charge in [-0.1, -0.05) is 43.6 Å². The zero-order valence-corrected chi connectivity index (χ0v) is 15.0. The first-order valence-electron chi connectivity index (χ1n) is 7.66. The molecule has 2 nitrogen and oxygen atoms in total. The standard InChI is InChI=1S/C18H24BrNO/c1-11(20-10-16-17(2,3)18(16,4)5)15-9-12-8-13(19)6-7-14(12)21-15/h6-9,11,16,20H,10H2,1-5H3. The van der Waals surface area contributed by atoms with E-state index in [0.29, 0.717) is 10.8 Å². The summed E-state index contributed by atoms with van der Waals surface area (Å²) in [5.74, 6) is 1.74. The molecular weight excluding hydrogens is 326 g/mol. The molecule has 1 aromatic carbocycles. The Morgan fingerprint density at radius 1 is 1.19 bits per heavy atom.